The number of allylic oxidation sites excluding steroid dienone is 1. The number of rotatable bonds is 6. The Hall–Kier alpha value is -3.54. The number of benzene rings is 3. The van der Waals surface area contributed by atoms with Crippen molar-refractivity contribution in [3.63, 3.8) is 0 Å². The first-order valence-electron chi connectivity index (χ1n) is 12.9. The topological polar surface area (TPSA) is 51.1 Å². The molecule has 1 heterocycles. The van der Waals surface area contributed by atoms with Crippen molar-refractivity contribution < 1.29 is 14.3 Å². The molecular formula is C32H30Cl2N2O3. The Morgan fingerprint density at radius 2 is 1.56 bits per heavy atom. The molecule has 0 aromatic heterocycles. The van der Waals surface area contributed by atoms with E-state index in [1.807, 2.05) is 66.7 Å². The average molecular weight is 562 g/mol. The van der Waals surface area contributed by atoms with Gasteiger partial charge in [0.2, 0.25) is 0 Å². The van der Waals surface area contributed by atoms with Crippen molar-refractivity contribution in [2.45, 2.75) is 25.8 Å². The van der Waals surface area contributed by atoms with Gasteiger partial charge in [0.15, 0.2) is 11.5 Å². The maximum Gasteiger partial charge on any atom is 0.267 e. The van der Waals surface area contributed by atoms with Crippen molar-refractivity contribution >= 4 is 47.0 Å². The van der Waals surface area contributed by atoms with Gasteiger partial charge in [-0.2, -0.15) is 5.10 Å². The lowest BCUT2D eigenvalue weighted by molar-refractivity contribution is -0.128. The molecule has 3 aromatic carbocycles. The van der Waals surface area contributed by atoms with Crippen LogP contribution in [-0.2, 0) is 4.79 Å². The number of fused-ring (bicyclic) bond motifs is 1. The van der Waals surface area contributed by atoms with Crippen LogP contribution in [0.1, 0.15) is 42.5 Å². The first-order valence-corrected chi connectivity index (χ1v) is 13.7. The van der Waals surface area contributed by atoms with E-state index in [9.17, 15) is 4.79 Å². The summed E-state index contributed by atoms with van der Waals surface area (Å²) in [5.74, 6) is 1.56. The number of halogens is 2. The number of carbonyl (C=O) groups is 1. The first kappa shape index (κ1) is 27.0. The molecule has 0 radical (unpaired) electrons. The van der Waals surface area contributed by atoms with Gasteiger partial charge in [-0.05, 0) is 89.6 Å². The second kappa shape index (κ2) is 11.7. The van der Waals surface area contributed by atoms with Gasteiger partial charge < -0.3 is 9.47 Å². The number of hydrogen-bond acceptors (Lipinski definition) is 4. The van der Waals surface area contributed by atoms with E-state index in [4.69, 9.17) is 37.8 Å². The molecule has 0 N–H and O–H groups in total. The van der Waals surface area contributed by atoms with Crippen molar-refractivity contribution in [3.05, 3.63) is 105 Å². The van der Waals surface area contributed by atoms with Crippen LogP contribution in [0.25, 0.3) is 12.2 Å². The summed E-state index contributed by atoms with van der Waals surface area (Å²) < 4.78 is 10.7. The molecule has 7 heteroatoms. The lowest BCUT2D eigenvalue weighted by atomic mass is 9.73. The van der Waals surface area contributed by atoms with Gasteiger partial charge in [-0.1, -0.05) is 60.5 Å². The van der Waals surface area contributed by atoms with E-state index in [0.717, 1.165) is 40.8 Å². The number of hydrazone groups is 1. The quantitative estimate of drug-likeness (QED) is 0.286. The molecule has 1 aliphatic carbocycles. The lowest BCUT2D eigenvalue weighted by Gasteiger charge is -2.32. The number of nitrogens with zero attached hydrogens (tertiary/aromatic N) is 2. The van der Waals surface area contributed by atoms with Crippen molar-refractivity contribution in [2.24, 2.45) is 16.9 Å². The molecular weight excluding hydrogens is 531 g/mol. The molecule has 5 nitrogen and oxygen atoms in total. The second-order valence-corrected chi connectivity index (χ2v) is 10.9. The molecule has 39 heavy (non-hydrogen) atoms. The number of ether oxygens (including phenoxy) is 2. The van der Waals surface area contributed by atoms with Crippen molar-refractivity contribution in [3.8, 4) is 11.5 Å². The van der Waals surface area contributed by atoms with Crippen LogP contribution >= 0.6 is 23.2 Å². The minimum absolute atomic E-state index is 0.0758. The van der Waals surface area contributed by atoms with E-state index in [2.05, 4.69) is 13.0 Å². The Kier molecular flexibility index (Phi) is 8.10. The molecule has 1 saturated carbocycles. The summed E-state index contributed by atoms with van der Waals surface area (Å²) in [5.41, 5.74) is 5.02. The summed E-state index contributed by atoms with van der Waals surface area (Å²) >= 11 is 12.3. The zero-order valence-electron chi connectivity index (χ0n) is 22.1. The normalized spacial score (nSPS) is 21.7. The molecule has 3 aromatic rings. The van der Waals surface area contributed by atoms with Gasteiger partial charge in [0.05, 0.1) is 26.0 Å². The summed E-state index contributed by atoms with van der Waals surface area (Å²) in [5, 5.41) is 7.96. The highest BCUT2D eigenvalue weighted by atomic mass is 35.5. The fourth-order valence-corrected chi connectivity index (χ4v) is 5.68. The molecule has 3 atom stereocenters. The maximum atomic E-state index is 13.7. The molecule has 2 aliphatic rings. The van der Waals surface area contributed by atoms with E-state index >= 15 is 0 Å². The standard InChI is InChI=1S/C32H30Cl2N2O3/c1-20-16-24(18-21-4-10-25(33)11-5-21)31-27(17-20)32(23-8-12-26(34)13-9-23)36(35-31)30(37)15-7-22-6-14-28(38-2)29(19-22)39-3/h4-15,18-20,27,32H,16-17H2,1-3H3/b15-7+,24-18+. The minimum atomic E-state index is -0.226. The summed E-state index contributed by atoms with van der Waals surface area (Å²) in [6, 6.07) is 20.8. The van der Waals surface area contributed by atoms with Crippen molar-refractivity contribution in [1.29, 1.82) is 0 Å². The van der Waals surface area contributed by atoms with E-state index < -0.39 is 0 Å². The third-order valence-electron chi connectivity index (χ3n) is 7.24. The number of hydrogen-bond donors (Lipinski definition) is 0. The Balaban J connectivity index is 1.51. The van der Waals surface area contributed by atoms with Crippen molar-refractivity contribution in [1.82, 2.24) is 5.01 Å². The smallest absolute Gasteiger partial charge is 0.267 e. The third-order valence-corrected chi connectivity index (χ3v) is 7.74. The molecule has 5 rings (SSSR count). The average Bonchev–Trinajstić information content (AvgIpc) is 3.32. The minimum Gasteiger partial charge on any atom is -0.493 e. The lowest BCUT2D eigenvalue weighted by Crippen LogP contribution is -2.32. The Labute approximate surface area is 239 Å². The predicted molar refractivity (Wildman–Crippen MR) is 158 cm³/mol. The Morgan fingerprint density at radius 1 is 0.923 bits per heavy atom. The number of amides is 1. The van der Waals surface area contributed by atoms with Crippen LogP contribution in [0.5, 0.6) is 11.5 Å². The second-order valence-electron chi connectivity index (χ2n) is 9.98. The van der Waals surface area contributed by atoms with E-state index in [0.29, 0.717) is 27.5 Å². The van der Waals surface area contributed by atoms with Gasteiger partial charge in [-0.3, -0.25) is 4.79 Å². The van der Waals surface area contributed by atoms with Gasteiger partial charge in [-0.15, -0.1) is 0 Å². The van der Waals surface area contributed by atoms with Crippen LogP contribution < -0.4 is 9.47 Å². The van der Waals surface area contributed by atoms with Gasteiger partial charge in [0, 0.05) is 22.0 Å². The summed E-state index contributed by atoms with van der Waals surface area (Å²) in [7, 11) is 3.18. The van der Waals surface area contributed by atoms with Crippen LogP contribution in [0.4, 0.5) is 0 Å². The molecule has 0 saturated heterocycles. The molecule has 3 unspecified atom stereocenters. The van der Waals surface area contributed by atoms with E-state index in [-0.39, 0.29) is 17.9 Å². The largest absolute Gasteiger partial charge is 0.493 e. The molecule has 1 amide bonds. The predicted octanol–water partition coefficient (Wildman–Crippen LogP) is 8.09. The van der Waals surface area contributed by atoms with Crippen LogP contribution in [0, 0.1) is 11.8 Å². The molecule has 1 aliphatic heterocycles. The van der Waals surface area contributed by atoms with Crippen LogP contribution in [0.3, 0.4) is 0 Å². The monoisotopic (exact) mass is 560 g/mol. The molecule has 1 fully saturated rings. The summed E-state index contributed by atoms with van der Waals surface area (Å²) in [6.07, 6.45) is 7.35. The number of carbonyl (C=O) groups excluding carboxylic acids is 1. The fraction of sp³-hybridized carbons (Fsp3) is 0.250. The van der Waals surface area contributed by atoms with Gasteiger partial charge >= 0.3 is 0 Å². The van der Waals surface area contributed by atoms with E-state index in [1.165, 1.54) is 0 Å². The van der Waals surface area contributed by atoms with Gasteiger partial charge in [0.1, 0.15) is 0 Å². The van der Waals surface area contributed by atoms with Crippen LogP contribution in [0.15, 0.2) is 83.5 Å². The highest BCUT2D eigenvalue weighted by Crippen LogP contribution is 2.46. The Morgan fingerprint density at radius 3 is 2.23 bits per heavy atom. The molecule has 0 bridgehead atoms. The highest BCUT2D eigenvalue weighted by Gasteiger charge is 2.44. The number of methoxy groups -OCH3 is 2. The fourth-order valence-electron chi connectivity index (χ4n) is 5.43. The third kappa shape index (κ3) is 5.90. The SMILES string of the molecule is COc1ccc(/C=C/C(=O)N2N=C3/C(=C/c4ccc(Cl)cc4)CC(C)CC3C2c2ccc(Cl)cc2)cc1OC. The van der Waals surface area contributed by atoms with Crippen LogP contribution in [-0.4, -0.2) is 30.8 Å². The summed E-state index contributed by atoms with van der Waals surface area (Å²) in [6.45, 7) is 2.26. The zero-order chi connectivity index (χ0) is 27.5. The van der Waals surface area contributed by atoms with Crippen LogP contribution in [0.2, 0.25) is 10.0 Å². The summed E-state index contributed by atoms with van der Waals surface area (Å²) in [4.78, 5) is 13.7. The first-order chi connectivity index (χ1) is 18.9. The van der Waals surface area contributed by atoms with E-state index in [1.54, 1.807) is 31.4 Å². The van der Waals surface area contributed by atoms with Gasteiger partial charge in [-0.25, -0.2) is 5.01 Å². The van der Waals surface area contributed by atoms with Crippen molar-refractivity contribution in [2.75, 3.05) is 14.2 Å². The molecule has 200 valence electrons. The molecule has 0 spiro atoms. The zero-order valence-corrected chi connectivity index (χ0v) is 23.6. The maximum absolute atomic E-state index is 13.7. The van der Waals surface area contributed by atoms with Gasteiger partial charge in [0.25, 0.3) is 5.91 Å². The highest BCUT2D eigenvalue weighted by molar-refractivity contribution is 6.30. The Bertz CT molecular complexity index is 1450.